The summed E-state index contributed by atoms with van der Waals surface area (Å²) in [7, 11) is 3.05. The molecule has 1 fully saturated rings. The molecule has 3 rings (SSSR count). The van der Waals surface area contributed by atoms with Gasteiger partial charge in [-0.15, -0.1) is 0 Å². The van der Waals surface area contributed by atoms with Crippen molar-refractivity contribution in [2.45, 2.75) is 12.5 Å². The van der Waals surface area contributed by atoms with Crippen LogP contribution < -0.4 is 9.47 Å². The van der Waals surface area contributed by atoms with E-state index in [4.69, 9.17) is 13.9 Å². The Morgan fingerprint density at radius 1 is 1.07 bits per heavy atom. The number of furan rings is 1. The maximum absolute atomic E-state index is 12.5. The molecule has 2 heterocycles. The molecule has 0 bridgehead atoms. The van der Waals surface area contributed by atoms with Crippen LogP contribution in [0.25, 0.3) is 0 Å². The molecule has 0 spiro atoms. The van der Waals surface area contributed by atoms with E-state index < -0.39 is 12.0 Å². The number of hydrogen-bond donors (Lipinski definition) is 1. The van der Waals surface area contributed by atoms with Crippen LogP contribution in [0, 0.1) is 0 Å². The third kappa shape index (κ3) is 4.12. The zero-order valence-corrected chi connectivity index (χ0v) is 16.0. The Bertz CT molecular complexity index is 820. The number of amides is 1. The van der Waals surface area contributed by atoms with E-state index in [1.165, 1.54) is 26.7 Å². The molecule has 1 aliphatic rings. The minimum atomic E-state index is -0.943. The van der Waals surface area contributed by atoms with Crippen molar-refractivity contribution in [3.8, 4) is 11.5 Å². The lowest BCUT2D eigenvalue weighted by Gasteiger charge is -2.28. The van der Waals surface area contributed by atoms with E-state index in [2.05, 4.69) is 0 Å². The van der Waals surface area contributed by atoms with Gasteiger partial charge in [0.25, 0.3) is 5.91 Å². The Balaban J connectivity index is 1.78. The minimum Gasteiger partial charge on any atom is -0.493 e. The summed E-state index contributed by atoms with van der Waals surface area (Å²) in [5, 5.41) is 9.88. The number of nitrogens with zero attached hydrogens (tertiary/aromatic N) is 2. The van der Waals surface area contributed by atoms with Crippen molar-refractivity contribution < 1.29 is 28.6 Å². The first-order valence-corrected chi connectivity index (χ1v) is 9.05. The van der Waals surface area contributed by atoms with Crippen LogP contribution in [-0.4, -0.2) is 67.2 Å². The quantitative estimate of drug-likeness (QED) is 0.811. The monoisotopic (exact) mass is 388 g/mol. The molecule has 1 aromatic carbocycles. The smallest absolute Gasteiger partial charge is 0.325 e. The number of carbonyl (C=O) groups excluding carboxylic acids is 1. The first kappa shape index (κ1) is 19.8. The van der Waals surface area contributed by atoms with E-state index in [0.29, 0.717) is 55.2 Å². The maximum atomic E-state index is 12.5. The fourth-order valence-electron chi connectivity index (χ4n) is 3.50. The lowest BCUT2D eigenvalue weighted by Crippen LogP contribution is -2.38. The third-order valence-electron chi connectivity index (χ3n) is 4.91. The summed E-state index contributed by atoms with van der Waals surface area (Å²) < 4.78 is 15.5. The van der Waals surface area contributed by atoms with Crippen molar-refractivity contribution in [2.75, 3.05) is 40.4 Å². The molecule has 150 valence electrons. The van der Waals surface area contributed by atoms with Gasteiger partial charge in [-0.3, -0.25) is 14.5 Å². The number of methoxy groups -OCH3 is 2. The van der Waals surface area contributed by atoms with Gasteiger partial charge in [0.1, 0.15) is 12.3 Å². The zero-order chi connectivity index (χ0) is 20.1. The van der Waals surface area contributed by atoms with Crippen molar-refractivity contribution in [3.63, 3.8) is 0 Å². The molecule has 8 nitrogen and oxygen atoms in total. The van der Waals surface area contributed by atoms with Gasteiger partial charge in [-0.05, 0) is 30.2 Å². The van der Waals surface area contributed by atoms with Crippen LogP contribution in [-0.2, 0) is 4.79 Å². The standard InChI is InChI=1S/C20H24N2O6/c1-26-16-5-4-14(12-17(16)27-2)18(20(24)25)21-7-3-8-22(10-9-21)19(23)15-6-11-28-13-15/h4-6,11-13,18H,3,7-10H2,1-2H3,(H,24,25). The van der Waals surface area contributed by atoms with Gasteiger partial charge in [0.2, 0.25) is 0 Å². The summed E-state index contributed by atoms with van der Waals surface area (Å²) >= 11 is 0. The molecule has 1 aliphatic heterocycles. The largest absolute Gasteiger partial charge is 0.493 e. The van der Waals surface area contributed by atoms with Crippen LogP contribution in [0.2, 0.25) is 0 Å². The average molecular weight is 388 g/mol. The van der Waals surface area contributed by atoms with Crippen LogP contribution in [0.3, 0.4) is 0 Å². The van der Waals surface area contributed by atoms with Gasteiger partial charge in [-0.2, -0.15) is 0 Å². The highest BCUT2D eigenvalue weighted by atomic mass is 16.5. The van der Waals surface area contributed by atoms with E-state index >= 15 is 0 Å². The van der Waals surface area contributed by atoms with E-state index in [1.54, 1.807) is 29.2 Å². The summed E-state index contributed by atoms with van der Waals surface area (Å²) in [4.78, 5) is 28.2. The lowest BCUT2D eigenvalue weighted by atomic mass is 10.0. The number of hydrogen-bond acceptors (Lipinski definition) is 6. The molecule has 1 N–H and O–H groups in total. The van der Waals surface area contributed by atoms with E-state index in [9.17, 15) is 14.7 Å². The summed E-state index contributed by atoms with van der Waals surface area (Å²) in [5.41, 5.74) is 1.11. The first-order chi connectivity index (χ1) is 13.5. The second kappa shape index (κ2) is 8.79. The predicted octanol–water partition coefficient (Wildman–Crippen LogP) is 2.27. The number of ether oxygens (including phenoxy) is 2. The minimum absolute atomic E-state index is 0.103. The average Bonchev–Trinajstić information content (AvgIpc) is 3.13. The molecule has 0 radical (unpaired) electrons. The van der Waals surface area contributed by atoms with Crippen molar-refractivity contribution in [3.05, 3.63) is 47.9 Å². The van der Waals surface area contributed by atoms with E-state index in [0.717, 1.165) is 0 Å². The molecular formula is C20H24N2O6. The molecular weight excluding hydrogens is 364 g/mol. The van der Waals surface area contributed by atoms with E-state index in [1.807, 2.05) is 4.90 Å². The topological polar surface area (TPSA) is 92.5 Å². The molecule has 1 amide bonds. The second-order valence-corrected chi connectivity index (χ2v) is 6.55. The Hall–Kier alpha value is -3.00. The molecule has 1 aromatic heterocycles. The number of carboxylic acids is 1. The molecule has 1 atom stereocenters. The van der Waals surface area contributed by atoms with Gasteiger partial charge in [0, 0.05) is 26.2 Å². The molecule has 1 saturated heterocycles. The molecule has 28 heavy (non-hydrogen) atoms. The van der Waals surface area contributed by atoms with Crippen LogP contribution in [0.1, 0.15) is 28.4 Å². The maximum Gasteiger partial charge on any atom is 0.325 e. The highest BCUT2D eigenvalue weighted by Crippen LogP contribution is 2.32. The second-order valence-electron chi connectivity index (χ2n) is 6.55. The Kier molecular flexibility index (Phi) is 6.20. The first-order valence-electron chi connectivity index (χ1n) is 9.05. The Morgan fingerprint density at radius 2 is 1.86 bits per heavy atom. The highest BCUT2D eigenvalue weighted by molar-refractivity contribution is 5.93. The fraction of sp³-hybridized carbons (Fsp3) is 0.400. The van der Waals surface area contributed by atoms with Gasteiger partial charge >= 0.3 is 5.97 Å². The summed E-state index contributed by atoms with van der Waals surface area (Å²) in [6.07, 6.45) is 3.57. The molecule has 2 aromatic rings. The van der Waals surface area contributed by atoms with Crippen molar-refractivity contribution in [1.82, 2.24) is 9.80 Å². The number of carboxylic acid groups (broad SMARTS) is 1. The molecule has 0 saturated carbocycles. The SMILES string of the molecule is COc1ccc(C(C(=O)O)N2CCCN(C(=O)c3ccoc3)CC2)cc1OC. The van der Waals surface area contributed by atoms with Crippen molar-refractivity contribution in [2.24, 2.45) is 0 Å². The van der Waals surface area contributed by atoms with Crippen LogP contribution >= 0.6 is 0 Å². The van der Waals surface area contributed by atoms with Gasteiger partial charge in [-0.1, -0.05) is 6.07 Å². The van der Waals surface area contributed by atoms with Gasteiger partial charge in [0.05, 0.1) is 26.0 Å². The Labute approximate surface area is 163 Å². The number of rotatable bonds is 6. The number of benzene rings is 1. The van der Waals surface area contributed by atoms with Gasteiger partial charge in [0.15, 0.2) is 11.5 Å². The molecule has 1 unspecified atom stereocenters. The molecule has 0 aliphatic carbocycles. The van der Waals surface area contributed by atoms with Crippen molar-refractivity contribution >= 4 is 11.9 Å². The van der Waals surface area contributed by atoms with E-state index in [-0.39, 0.29) is 5.91 Å². The van der Waals surface area contributed by atoms with Crippen LogP contribution in [0.4, 0.5) is 0 Å². The van der Waals surface area contributed by atoms with Gasteiger partial charge in [-0.25, -0.2) is 0 Å². The highest BCUT2D eigenvalue weighted by Gasteiger charge is 2.31. The molecule has 8 heteroatoms. The lowest BCUT2D eigenvalue weighted by molar-refractivity contribution is -0.143. The van der Waals surface area contributed by atoms with Crippen molar-refractivity contribution in [1.29, 1.82) is 0 Å². The third-order valence-corrected chi connectivity index (χ3v) is 4.91. The summed E-state index contributed by atoms with van der Waals surface area (Å²) in [5.74, 6) is -0.0172. The normalized spacial score (nSPS) is 16.3. The fourth-order valence-corrected chi connectivity index (χ4v) is 3.50. The zero-order valence-electron chi connectivity index (χ0n) is 16.0. The summed E-state index contributed by atoms with van der Waals surface area (Å²) in [6.45, 7) is 2.04. The number of carbonyl (C=O) groups is 2. The predicted molar refractivity (Wildman–Crippen MR) is 101 cm³/mol. The Morgan fingerprint density at radius 3 is 2.50 bits per heavy atom. The summed E-state index contributed by atoms with van der Waals surface area (Å²) in [6, 6.07) is 5.94. The van der Waals surface area contributed by atoms with Gasteiger partial charge < -0.3 is 23.9 Å². The number of aliphatic carboxylic acids is 1. The van der Waals surface area contributed by atoms with Crippen LogP contribution in [0.5, 0.6) is 11.5 Å². The van der Waals surface area contributed by atoms with Crippen LogP contribution in [0.15, 0.2) is 41.2 Å².